The summed E-state index contributed by atoms with van der Waals surface area (Å²) in [4.78, 5) is 11.8. The van der Waals surface area contributed by atoms with E-state index in [9.17, 15) is 9.18 Å². The minimum atomic E-state index is -0.700. The molecule has 0 bridgehead atoms. The molecule has 0 aromatic heterocycles. The lowest BCUT2D eigenvalue weighted by Crippen LogP contribution is -2.45. The summed E-state index contributed by atoms with van der Waals surface area (Å²) >= 11 is 3.18. The molecular weight excluding hydrogens is 287 g/mol. The third-order valence-electron chi connectivity index (χ3n) is 2.43. The second kappa shape index (κ2) is 5.14. The molecule has 0 fully saturated rings. The van der Waals surface area contributed by atoms with Crippen LogP contribution in [-0.4, -0.2) is 11.9 Å². The molecule has 1 atom stereocenters. The van der Waals surface area contributed by atoms with Gasteiger partial charge in [0.1, 0.15) is 5.82 Å². The van der Waals surface area contributed by atoms with Gasteiger partial charge in [-0.1, -0.05) is 26.8 Å². The number of nitrogens with two attached hydrogens (primary N) is 1. The molecule has 17 heavy (non-hydrogen) atoms. The molecule has 1 amide bonds. The van der Waals surface area contributed by atoms with Gasteiger partial charge < -0.3 is 11.1 Å². The van der Waals surface area contributed by atoms with Crippen molar-refractivity contribution < 1.29 is 9.18 Å². The predicted octanol–water partition coefficient (Wildman–Crippen LogP) is 2.90. The van der Waals surface area contributed by atoms with Crippen molar-refractivity contribution >= 4 is 27.5 Å². The van der Waals surface area contributed by atoms with Crippen LogP contribution >= 0.6 is 15.9 Å². The molecule has 0 heterocycles. The quantitative estimate of drug-likeness (QED) is 0.882. The Balaban J connectivity index is 2.89. The Bertz CT molecular complexity index is 409. The molecule has 0 aliphatic carbocycles. The zero-order valence-corrected chi connectivity index (χ0v) is 11.6. The minimum Gasteiger partial charge on any atom is -0.321 e. The van der Waals surface area contributed by atoms with E-state index in [4.69, 9.17) is 5.73 Å². The van der Waals surface area contributed by atoms with Crippen LogP contribution in [0.4, 0.5) is 10.1 Å². The maximum absolute atomic E-state index is 13.5. The Hall–Kier alpha value is -0.940. The van der Waals surface area contributed by atoms with Gasteiger partial charge in [0.25, 0.3) is 0 Å². The molecule has 3 nitrogen and oxygen atoms in total. The molecule has 1 aromatic rings. The van der Waals surface area contributed by atoms with E-state index >= 15 is 0 Å². The van der Waals surface area contributed by atoms with Gasteiger partial charge >= 0.3 is 0 Å². The van der Waals surface area contributed by atoms with Crippen molar-refractivity contribution in [3.63, 3.8) is 0 Å². The highest BCUT2D eigenvalue weighted by molar-refractivity contribution is 9.10. The molecule has 3 N–H and O–H groups in total. The average molecular weight is 303 g/mol. The van der Waals surface area contributed by atoms with Crippen molar-refractivity contribution in [3.05, 3.63) is 28.5 Å². The molecule has 0 unspecified atom stereocenters. The molecule has 0 aliphatic heterocycles. The topological polar surface area (TPSA) is 55.1 Å². The number of benzene rings is 1. The Kier molecular flexibility index (Phi) is 4.27. The highest BCUT2D eigenvalue weighted by Crippen LogP contribution is 2.26. The van der Waals surface area contributed by atoms with Gasteiger partial charge in [-0.3, -0.25) is 4.79 Å². The minimum absolute atomic E-state index is 0.122. The smallest absolute Gasteiger partial charge is 0.241 e. The van der Waals surface area contributed by atoms with Crippen LogP contribution in [0.25, 0.3) is 0 Å². The molecule has 1 rings (SSSR count). The molecule has 5 heteroatoms. The molecule has 1 aromatic carbocycles. The van der Waals surface area contributed by atoms with E-state index in [1.807, 2.05) is 20.8 Å². The normalized spacial score (nSPS) is 13.3. The number of hydrogen-bond donors (Lipinski definition) is 2. The molecular formula is C12H16BrFN2O. The van der Waals surface area contributed by atoms with Crippen molar-refractivity contribution in [2.24, 2.45) is 11.1 Å². The summed E-state index contributed by atoms with van der Waals surface area (Å²) in [7, 11) is 0. The van der Waals surface area contributed by atoms with Crippen LogP contribution in [0.5, 0.6) is 0 Å². The van der Waals surface area contributed by atoms with Crippen LogP contribution in [0.1, 0.15) is 20.8 Å². The van der Waals surface area contributed by atoms with Crippen molar-refractivity contribution in [3.8, 4) is 0 Å². The van der Waals surface area contributed by atoms with E-state index in [-0.39, 0.29) is 11.1 Å². The number of nitrogens with one attached hydrogen (secondary N) is 1. The molecule has 0 radical (unpaired) electrons. The lowest BCUT2D eigenvalue weighted by atomic mass is 9.87. The maximum Gasteiger partial charge on any atom is 0.241 e. The number of para-hydroxylation sites is 1. The summed E-state index contributed by atoms with van der Waals surface area (Å²) in [5.74, 6) is -0.892. The lowest BCUT2D eigenvalue weighted by molar-refractivity contribution is -0.119. The SMILES string of the molecule is CC(C)(C)[C@@H](N)C(=O)Nc1c(F)cccc1Br. The second-order valence-electron chi connectivity index (χ2n) is 4.93. The summed E-state index contributed by atoms with van der Waals surface area (Å²) in [6, 6.07) is 3.79. The van der Waals surface area contributed by atoms with E-state index < -0.39 is 17.8 Å². The molecule has 0 spiro atoms. The van der Waals surface area contributed by atoms with E-state index in [1.54, 1.807) is 12.1 Å². The predicted molar refractivity (Wildman–Crippen MR) is 70.2 cm³/mol. The Morgan fingerprint density at radius 3 is 2.53 bits per heavy atom. The number of rotatable bonds is 2. The van der Waals surface area contributed by atoms with Gasteiger partial charge in [0.05, 0.1) is 11.7 Å². The van der Waals surface area contributed by atoms with Crippen LogP contribution in [0.2, 0.25) is 0 Å². The number of halogens is 2. The first-order valence-corrected chi connectivity index (χ1v) is 6.03. The van der Waals surface area contributed by atoms with Gasteiger partial charge in [-0.15, -0.1) is 0 Å². The summed E-state index contributed by atoms with van der Waals surface area (Å²) in [5, 5.41) is 2.50. The summed E-state index contributed by atoms with van der Waals surface area (Å²) in [6.45, 7) is 5.56. The van der Waals surface area contributed by atoms with Gasteiger partial charge in [-0.2, -0.15) is 0 Å². The molecule has 0 saturated carbocycles. The Labute approximate surface area is 109 Å². The first-order chi connectivity index (χ1) is 7.73. The Morgan fingerprint density at radius 2 is 2.06 bits per heavy atom. The van der Waals surface area contributed by atoms with Gasteiger partial charge in [-0.25, -0.2) is 4.39 Å². The van der Waals surface area contributed by atoms with Crippen molar-refractivity contribution in [2.45, 2.75) is 26.8 Å². The monoisotopic (exact) mass is 302 g/mol. The largest absolute Gasteiger partial charge is 0.321 e. The fraction of sp³-hybridized carbons (Fsp3) is 0.417. The lowest BCUT2D eigenvalue weighted by Gasteiger charge is -2.26. The van der Waals surface area contributed by atoms with Crippen molar-refractivity contribution in [1.29, 1.82) is 0 Å². The van der Waals surface area contributed by atoms with E-state index in [2.05, 4.69) is 21.2 Å². The summed E-state index contributed by atoms with van der Waals surface area (Å²) in [5.41, 5.74) is 5.54. The molecule has 94 valence electrons. The fourth-order valence-electron chi connectivity index (χ4n) is 1.21. The Morgan fingerprint density at radius 1 is 1.47 bits per heavy atom. The highest BCUT2D eigenvalue weighted by atomic mass is 79.9. The van der Waals surface area contributed by atoms with Crippen LogP contribution in [0.3, 0.4) is 0 Å². The summed E-state index contributed by atoms with van der Waals surface area (Å²) < 4.78 is 14.0. The van der Waals surface area contributed by atoms with Crippen molar-refractivity contribution in [2.75, 3.05) is 5.32 Å². The van der Waals surface area contributed by atoms with Gasteiger partial charge in [0.2, 0.25) is 5.91 Å². The zero-order chi connectivity index (χ0) is 13.2. The fourth-order valence-corrected chi connectivity index (χ4v) is 1.65. The van der Waals surface area contributed by atoms with Crippen LogP contribution in [-0.2, 0) is 4.79 Å². The van der Waals surface area contributed by atoms with Gasteiger partial charge in [0, 0.05) is 4.47 Å². The van der Waals surface area contributed by atoms with Crippen LogP contribution in [0.15, 0.2) is 22.7 Å². The van der Waals surface area contributed by atoms with Crippen LogP contribution in [0, 0.1) is 11.2 Å². The van der Waals surface area contributed by atoms with Crippen molar-refractivity contribution in [1.82, 2.24) is 0 Å². The van der Waals surface area contributed by atoms with Gasteiger partial charge in [-0.05, 0) is 33.5 Å². The van der Waals surface area contributed by atoms with E-state index in [1.165, 1.54) is 6.07 Å². The first-order valence-electron chi connectivity index (χ1n) is 5.24. The number of anilines is 1. The van der Waals surface area contributed by atoms with E-state index in [0.717, 1.165) is 0 Å². The highest BCUT2D eigenvalue weighted by Gasteiger charge is 2.28. The number of hydrogen-bond acceptors (Lipinski definition) is 2. The van der Waals surface area contributed by atoms with E-state index in [0.29, 0.717) is 4.47 Å². The molecule has 0 aliphatic rings. The number of carbonyl (C=O) groups is 1. The third kappa shape index (κ3) is 3.51. The maximum atomic E-state index is 13.5. The number of carbonyl (C=O) groups excluding carboxylic acids is 1. The zero-order valence-electron chi connectivity index (χ0n) is 10.1. The summed E-state index contributed by atoms with van der Waals surface area (Å²) in [6.07, 6.45) is 0. The standard InChI is InChI=1S/C12H16BrFN2O/c1-12(2,3)10(15)11(17)16-9-7(13)5-4-6-8(9)14/h4-6,10H,15H2,1-3H3,(H,16,17)/t10-/m0/s1. The average Bonchev–Trinajstić information content (AvgIpc) is 2.21. The molecule has 0 saturated heterocycles. The first kappa shape index (κ1) is 14.1. The third-order valence-corrected chi connectivity index (χ3v) is 3.09. The van der Waals surface area contributed by atoms with Gasteiger partial charge in [0.15, 0.2) is 0 Å². The van der Waals surface area contributed by atoms with Crippen LogP contribution < -0.4 is 11.1 Å². The second-order valence-corrected chi connectivity index (χ2v) is 5.78. The number of amides is 1.